The normalized spacial score (nSPS) is 13.7. The molecule has 4 aliphatic rings. The van der Waals surface area contributed by atoms with E-state index in [0.717, 1.165) is 67.6 Å². The van der Waals surface area contributed by atoms with Crippen molar-refractivity contribution in [3.8, 4) is 135 Å². The molecule has 0 bridgehead atoms. The summed E-state index contributed by atoms with van der Waals surface area (Å²) in [5.74, 6) is 3.78. The predicted molar refractivity (Wildman–Crippen MR) is 556 cm³/mol. The Bertz CT molecular complexity index is 8620. The lowest BCUT2D eigenvalue weighted by Crippen LogP contribution is -2.26. The average Bonchev–Trinajstić information content (AvgIpc) is 1.51. The molecule has 23 aromatic rings. The van der Waals surface area contributed by atoms with Gasteiger partial charge in [-0.05, 0) is 249 Å². The third-order valence-corrected chi connectivity index (χ3v) is 28.6. The highest BCUT2D eigenvalue weighted by molar-refractivity contribution is 6.00. The quantitative estimate of drug-likeness (QED) is 0.133. The van der Waals surface area contributed by atoms with E-state index in [2.05, 4.69) is 433 Å². The van der Waals surface area contributed by atoms with Crippen LogP contribution < -0.4 is 0 Å². The molecule has 0 N–H and O–H groups in total. The van der Waals surface area contributed by atoms with E-state index < -0.39 is 0 Å². The Morgan fingerprint density at radius 2 is 0.471 bits per heavy atom. The van der Waals surface area contributed by atoms with Crippen LogP contribution in [0.15, 0.2) is 426 Å². The number of hydrogen-bond donors (Lipinski definition) is 0. The van der Waals surface area contributed by atoms with Crippen LogP contribution in [0.1, 0.15) is 99.9 Å². The summed E-state index contributed by atoms with van der Waals surface area (Å²) in [6.45, 7) is 18.6. The van der Waals surface area contributed by atoms with Gasteiger partial charge in [-0.15, -0.1) is 0 Å². The summed E-state index contributed by atoms with van der Waals surface area (Å²) in [6.07, 6.45) is 14.7. The molecular formula is C124H94N12. The molecule has 0 spiro atoms. The molecule has 0 atom stereocenters. The van der Waals surface area contributed by atoms with Crippen LogP contribution in [0.3, 0.4) is 0 Å². The molecule has 0 unspecified atom stereocenters. The summed E-state index contributed by atoms with van der Waals surface area (Å²) in [6, 6.07) is 134. The van der Waals surface area contributed by atoms with Gasteiger partial charge in [0.15, 0.2) is 0 Å². The van der Waals surface area contributed by atoms with Crippen molar-refractivity contribution in [1.82, 2.24) is 58.1 Å². The second-order valence-corrected chi connectivity index (χ2v) is 37.9. The first-order valence-corrected chi connectivity index (χ1v) is 46.6. The highest BCUT2D eigenvalue weighted by Gasteiger charge is 2.42. The van der Waals surface area contributed by atoms with Crippen LogP contribution in [0.4, 0.5) is 0 Å². The molecule has 0 saturated heterocycles. The number of pyridine rings is 4. The third-order valence-electron chi connectivity index (χ3n) is 28.6. The second-order valence-electron chi connectivity index (χ2n) is 37.9. The zero-order valence-electron chi connectivity index (χ0n) is 76.8. The summed E-state index contributed by atoms with van der Waals surface area (Å²) in [7, 11) is 0. The topological polar surface area (TPSA) is 123 Å². The first-order valence-electron chi connectivity index (χ1n) is 46.6. The molecule has 136 heavy (non-hydrogen) atoms. The van der Waals surface area contributed by atoms with E-state index in [0.29, 0.717) is 0 Å². The molecule has 12 heteroatoms. The summed E-state index contributed by atoms with van der Waals surface area (Å²) in [5.41, 5.74) is 42.5. The molecule has 8 aromatic heterocycles. The molecule has 650 valence electrons. The van der Waals surface area contributed by atoms with Crippen LogP contribution in [0.25, 0.3) is 190 Å². The van der Waals surface area contributed by atoms with E-state index in [-0.39, 0.29) is 21.7 Å². The van der Waals surface area contributed by atoms with Gasteiger partial charge in [-0.1, -0.05) is 304 Å². The molecule has 0 aliphatic carbocycles. The molecule has 12 nitrogen and oxygen atoms in total. The summed E-state index contributed by atoms with van der Waals surface area (Å²) in [4.78, 5) is 37.4. The lowest BCUT2D eigenvalue weighted by atomic mass is 9.74. The Balaban J connectivity index is 0.0000000994. The number of para-hydroxylation sites is 4. The van der Waals surface area contributed by atoms with Gasteiger partial charge in [-0.2, -0.15) is 0 Å². The number of hydrogen-bond acceptors (Lipinski definition) is 8. The Morgan fingerprint density at radius 3 is 0.875 bits per heavy atom. The fourth-order valence-electron chi connectivity index (χ4n) is 21.7. The first kappa shape index (κ1) is 82.2. The molecular weight excluding hydrogens is 1660 g/mol. The van der Waals surface area contributed by atoms with E-state index in [1.807, 2.05) is 73.6 Å². The van der Waals surface area contributed by atoms with Crippen molar-refractivity contribution in [1.29, 1.82) is 0 Å². The van der Waals surface area contributed by atoms with Crippen LogP contribution in [0.2, 0.25) is 0 Å². The van der Waals surface area contributed by atoms with Gasteiger partial charge in [0.2, 0.25) is 0 Å². The van der Waals surface area contributed by atoms with Crippen molar-refractivity contribution in [2.24, 2.45) is 0 Å². The van der Waals surface area contributed by atoms with Gasteiger partial charge in [0.05, 0.1) is 66.9 Å². The van der Waals surface area contributed by atoms with Gasteiger partial charge >= 0.3 is 0 Å². The van der Waals surface area contributed by atoms with E-state index in [1.54, 1.807) is 12.4 Å². The van der Waals surface area contributed by atoms with Crippen LogP contribution in [-0.4, -0.2) is 58.1 Å². The van der Waals surface area contributed by atoms with E-state index in [9.17, 15) is 0 Å². The number of fused-ring (bicyclic) bond motifs is 9. The first-order chi connectivity index (χ1) is 66.5. The molecule has 12 heterocycles. The highest BCUT2D eigenvalue weighted by atomic mass is 15.1. The summed E-state index contributed by atoms with van der Waals surface area (Å²) in [5, 5.41) is 2.54. The van der Waals surface area contributed by atoms with Crippen LogP contribution in [-0.2, 0) is 21.7 Å². The van der Waals surface area contributed by atoms with Crippen molar-refractivity contribution >= 4 is 54.9 Å². The lowest BCUT2D eigenvalue weighted by molar-refractivity contribution is 0.629. The van der Waals surface area contributed by atoms with Gasteiger partial charge in [0.1, 0.15) is 23.3 Å². The minimum atomic E-state index is -0.172. The maximum Gasteiger partial charge on any atom is 0.147 e. The van der Waals surface area contributed by atoms with Crippen molar-refractivity contribution in [2.45, 2.75) is 77.0 Å². The Morgan fingerprint density at radius 1 is 0.184 bits per heavy atom. The number of rotatable bonds is 10. The van der Waals surface area contributed by atoms with Gasteiger partial charge < -0.3 is 0 Å². The maximum atomic E-state index is 5.08. The lowest BCUT2D eigenvalue weighted by Gasteiger charge is -2.35. The number of benzene rings is 15. The van der Waals surface area contributed by atoms with Crippen LogP contribution in [0.5, 0.6) is 0 Å². The highest BCUT2D eigenvalue weighted by Crippen LogP contribution is 2.54. The molecule has 0 saturated carbocycles. The minimum absolute atomic E-state index is 0.120. The SMILES string of the molecule is CC1(C)c2cc(-c3cccc(-c4ccccc4)c3)ccc2-n2c(-c3cccnc3)nc3cccc1c32.CC1(C)c2cc(-c3cccc4ccccc34)ccc2-n2c(-c3ccncc3)nc3cccc1c32.CC1(C)c2cc(-c3ccccc3)ccc2-n2c(-c3ccncc3)nc3cccc1c32.CC1(C)c2cc(-c3ccccc3-c3ccccc3)ccc2-n2c(-c3cccnc3)nc3cccc1c32. The monoisotopic (exact) mass is 1750 g/mol. The minimum Gasteiger partial charge on any atom is -0.292 e. The molecule has 4 aliphatic heterocycles. The van der Waals surface area contributed by atoms with Gasteiger partial charge in [-0.3, -0.25) is 38.2 Å². The van der Waals surface area contributed by atoms with Crippen LogP contribution >= 0.6 is 0 Å². The van der Waals surface area contributed by atoms with E-state index in [1.165, 1.54) is 167 Å². The molecule has 0 radical (unpaired) electrons. The van der Waals surface area contributed by atoms with Gasteiger partial charge in [-0.25, -0.2) is 19.9 Å². The molecule has 0 fully saturated rings. The Hall–Kier alpha value is -17.0. The van der Waals surface area contributed by atoms with Gasteiger partial charge in [0.25, 0.3) is 0 Å². The average molecular weight is 1750 g/mol. The molecule has 0 amide bonds. The summed E-state index contributed by atoms with van der Waals surface area (Å²) < 4.78 is 9.32. The second kappa shape index (κ2) is 32.5. The van der Waals surface area contributed by atoms with Crippen molar-refractivity contribution < 1.29 is 0 Å². The van der Waals surface area contributed by atoms with Crippen molar-refractivity contribution in [3.63, 3.8) is 0 Å². The fourth-order valence-corrected chi connectivity index (χ4v) is 21.7. The zero-order chi connectivity index (χ0) is 91.7. The van der Waals surface area contributed by atoms with Crippen molar-refractivity contribution in [3.05, 3.63) is 470 Å². The molecule has 15 aromatic carbocycles. The standard InChI is InChI=1S/2C33H25N3.C31H23N3.C27H21N3/c1-33(2)27-14-7-15-29-31(27)36(32(35-29)26-13-8-18-34-21-26)30-17-16-25(20-28(30)33)24-12-6-11-23(19-24)22-9-4-3-5-10-22;1-33(2)27-15-8-16-29-31(27)36(32(35-29)24-12-9-19-34-21-24)30-18-17-23(20-28(30)33)26-14-7-6-13-25(26)22-10-4-3-5-11-22;1-31(2)25-11-6-12-27-29(25)34(30(33-27)21-15-17-32-18-16-21)28-14-13-22(19-26(28)31)24-10-5-8-20-7-3-4-9-23(20)24;1-27(2)21-9-6-10-23-25(21)30(26(29-23)19-13-15-28-16-14-19)24-12-11-20(17-22(24)27)18-7-4-3-5-8-18/h2*3-21H,1-2H3;3-19H,1-2H3;3-17H,1-2H3. The fraction of sp³-hybridized carbons (Fsp3) is 0.0968. The van der Waals surface area contributed by atoms with E-state index in [4.69, 9.17) is 19.9 Å². The smallest absolute Gasteiger partial charge is 0.147 e. The summed E-state index contributed by atoms with van der Waals surface area (Å²) >= 11 is 0. The van der Waals surface area contributed by atoms with E-state index >= 15 is 0 Å². The zero-order valence-corrected chi connectivity index (χ0v) is 76.8. The Labute approximate surface area is 790 Å². The van der Waals surface area contributed by atoms with Crippen molar-refractivity contribution in [2.75, 3.05) is 0 Å². The number of imidazole rings is 4. The third kappa shape index (κ3) is 13.5. The number of aromatic nitrogens is 12. The largest absolute Gasteiger partial charge is 0.292 e. The predicted octanol–water partition coefficient (Wildman–Crippen LogP) is 30.1. The number of nitrogens with zero attached hydrogens (tertiary/aromatic N) is 12. The maximum absolute atomic E-state index is 5.08. The Kier molecular flexibility index (Phi) is 19.6. The van der Waals surface area contributed by atoms with Crippen LogP contribution in [0, 0.1) is 0 Å². The van der Waals surface area contributed by atoms with Gasteiger partial charge in [0, 0.05) is 93.5 Å². The molecule has 27 rings (SSSR count).